The van der Waals surface area contributed by atoms with Gasteiger partial charge in [0.25, 0.3) is 5.91 Å². The van der Waals surface area contributed by atoms with Gasteiger partial charge in [-0.25, -0.2) is 4.39 Å². The second kappa shape index (κ2) is 10.2. The lowest BCUT2D eigenvalue weighted by Crippen LogP contribution is -2.38. The van der Waals surface area contributed by atoms with Gasteiger partial charge < -0.3 is 19.1 Å². The SMILES string of the molecule is Cc1cccc(-c2noc(N3CCOCC3)c2CN(CC(C)C)C(=O)c2ccc(F)cc2)c1. The Morgan fingerprint density at radius 2 is 1.88 bits per heavy atom. The first-order valence-corrected chi connectivity index (χ1v) is 11.4. The number of ether oxygens (including phenoxy) is 1. The Kier molecular flexibility index (Phi) is 7.08. The summed E-state index contributed by atoms with van der Waals surface area (Å²) in [6, 6.07) is 13.8. The van der Waals surface area contributed by atoms with Crippen molar-refractivity contribution in [3.8, 4) is 11.3 Å². The highest BCUT2D eigenvalue weighted by atomic mass is 19.1. The number of amides is 1. The summed E-state index contributed by atoms with van der Waals surface area (Å²) in [5, 5.41) is 4.43. The number of carbonyl (C=O) groups excluding carboxylic acids is 1. The molecule has 0 bridgehead atoms. The van der Waals surface area contributed by atoms with Gasteiger partial charge in [-0.3, -0.25) is 4.79 Å². The average Bonchev–Trinajstić information content (AvgIpc) is 3.22. The fourth-order valence-electron chi connectivity index (χ4n) is 4.10. The highest BCUT2D eigenvalue weighted by Gasteiger charge is 2.28. The van der Waals surface area contributed by atoms with Gasteiger partial charge >= 0.3 is 0 Å². The lowest BCUT2D eigenvalue weighted by molar-refractivity contribution is 0.0722. The molecule has 1 amide bonds. The van der Waals surface area contributed by atoms with E-state index in [2.05, 4.69) is 30.0 Å². The predicted octanol–water partition coefficient (Wildman–Crippen LogP) is 4.92. The summed E-state index contributed by atoms with van der Waals surface area (Å²) in [7, 11) is 0. The van der Waals surface area contributed by atoms with E-state index < -0.39 is 0 Å². The Morgan fingerprint density at radius 1 is 1.15 bits per heavy atom. The summed E-state index contributed by atoms with van der Waals surface area (Å²) in [5.41, 5.74) is 4.14. The summed E-state index contributed by atoms with van der Waals surface area (Å²) in [5.74, 6) is 0.421. The Hall–Kier alpha value is -3.19. The minimum Gasteiger partial charge on any atom is -0.378 e. The quantitative estimate of drug-likeness (QED) is 0.510. The third-order valence-corrected chi connectivity index (χ3v) is 5.67. The molecule has 0 unspecified atom stereocenters. The van der Waals surface area contributed by atoms with Crippen molar-refractivity contribution in [1.29, 1.82) is 0 Å². The maximum absolute atomic E-state index is 13.4. The van der Waals surface area contributed by atoms with Crippen LogP contribution in [0.5, 0.6) is 0 Å². The maximum Gasteiger partial charge on any atom is 0.254 e. The number of aromatic nitrogens is 1. The molecule has 33 heavy (non-hydrogen) atoms. The van der Waals surface area contributed by atoms with Crippen molar-refractivity contribution in [3.05, 3.63) is 71.0 Å². The van der Waals surface area contributed by atoms with Crippen LogP contribution in [-0.4, -0.2) is 48.8 Å². The second-order valence-corrected chi connectivity index (χ2v) is 8.87. The Balaban J connectivity index is 1.74. The van der Waals surface area contributed by atoms with Crippen LogP contribution in [-0.2, 0) is 11.3 Å². The molecule has 0 radical (unpaired) electrons. The number of morpholine rings is 1. The summed E-state index contributed by atoms with van der Waals surface area (Å²) in [6.07, 6.45) is 0. The standard InChI is InChI=1S/C26H30FN3O3/c1-18(2)16-30(25(31)20-7-9-22(27)10-8-20)17-23-24(21-6-4-5-19(3)15-21)28-33-26(23)29-11-13-32-14-12-29/h4-10,15,18H,11-14,16-17H2,1-3H3. The molecule has 0 saturated carbocycles. The molecule has 0 aliphatic carbocycles. The largest absolute Gasteiger partial charge is 0.378 e. The number of hydrogen-bond donors (Lipinski definition) is 0. The Morgan fingerprint density at radius 3 is 2.55 bits per heavy atom. The summed E-state index contributed by atoms with van der Waals surface area (Å²) in [6.45, 7) is 9.71. The van der Waals surface area contributed by atoms with E-state index in [0.717, 1.165) is 22.4 Å². The minimum absolute atomic E-state index is 0.145. The highest BCUT2D eigenvalue weighted by molar-refractivity contribution is 5.94. The first-order valence-electron chi connectivity index (χ1n) is 11.4. The van der Waals surface area contributed by atoms with Crippen molar-refractivity contribution in [1.82, 2.24) is 10.1 Å². The third kappa shape index (κ3) is 5.42. The molecule has 0 spiro atoms. The molecule has 0 N–H and O–H groups in total. The van der Waals surface area contributed by atoms with Crippen molar-refractivity contribution in [2.75, 3.05) is 37.7 Å². The van der Waals surface area contributed by atoms with E-state index in [1.54, 1.807) is 4.90 Å². The number of aryl methyl sites for hydroxylation is 1. The van der Waals surface area contributed by atoms with Gasteiger partial charge in [0.1, 0.15) is 11.5 Å². The fourth-order valence-corrected chi connectivity index (χ4v) is 4.10. The van der Waals surface area contributed by atoms with E-state index in [1.807, 2.05) is 25.1 Å². The summed E-state index contributed by atoms with van der Waals surface area (Å²) < 4.78 is 24.8. The molecule has 1 aliphatic heterocycles. The van der Waals surface area contributed by atoms with Crippen molar-refractivity contribution in [2.24, 2.45) is 5.92 Å². The first-order chi connectivity index (χ1) is 15.9. The number of hydrogen-bond acceptors (Lipinski definition) is 5. The molecule has 174 valence electrons. The van der Waals surface area contributed by atoms with Crippen molar-refractivity contribution in [2.45, 2.75) is 27.3 Å². The van der Waals surface area contributed by atoms with Gasteiger partial charge in [0.2, 0.25) is 5.88 Å². The predicted molar refractivity (Wildman–Crippen MR) is 126 cm³/mol. The van der Waals surface area contributed by atoms with Gasteiger partial charge in [-0.15, -0.1) is 0 Å². The van der Waals surface area contributed by atoms with E-state index >= 15 is 0 Å². The van der Waals surface area contributed by atoms with E-state index in [4.69, 9.17) is 9.26 Å². The topological polar surface area (TPSA) is 58.8 Å². The van der Waals surface area contributed by atoms with Crippen LogP contribution < -0.4 is 4.90 Å². The number of benzene rings is 2. The van der Waals surface area contributed by atoms with E-state index in [1.165, 1.54) is 24.3 Å². The molecule has 3 aromatic rings. The van der Waals surface area contributed by atoms with E-state index in [-0.39, 0.29) is 17.6 Å². The molecule has 2 heterocycles. The van der Waals surface area contributed by atoms with Crippen LogP contribution in [0.2, 0.25) is 0 Å². The fraction of sp³-hybridized carbons (Fsp3) is 0.385. The Labute approximate surface area is 193 Å². The lowest BCUT2D eigenvalue weighted by Gasteiger charge is -2.29. The zero-order valence-electron chi connectivity index (χ0n) is 19.4. The van der Waals surface area contributed by atoms with Gasteiger partial charge in [0.15, 0.2) is 0 Å². The number of nitrogens with zero attached hydrogens (tertiary/aromatic N) is 3. The maximum atomic E-state index is 13.4. The van der Waals surface area contributed by atoms with E-state index in [0.29, 0.717) is 50.8 Å². The van der Waals surface area contributed by atoms with Crippen molar-refractivity contribution < 1.29 is 18.4 Å². The minimum atomic E-state index is -0.364. The number of halogens is 1. The lowest BCUT2D eigenvalue weighted by atomic mass is 10.0. The zero-order chi connectivity index (χ0) is 23.4. The molecule has 1 fully saturated rings. The van der Waals surface area contributed by atoms with Gasteiger partial charge in [-0.1, -0.05) is 42.8 Å². The van der Waals surface area contributed by atoms with Gasteiger partial charge in [-0.05, 0) is 43.2 Å². The molecule has 4 rings (SSSR count). The zero-order valence-corrected chi connectivity index (χ0v) is 19.4. The third-order valence-electron chi connectivity index (χ3n) is 5.67. The van der Waals surface area contributed by atoms with Crippen LogP contribution in [0.3, 0.4) is 0 Å². The molecule has 7 heteroatoms. The highest BCUT2D eigenvalue weighted by Crippen LogP contribution is 2.34. The first kappa shape index (κ1) is 23.0. The normalized spacial score (nSPS) is 14.0. The molecule has 1 saturated heterocycles. The average molecular weight is 452 g/mol. The molecule has 0 atom stereocenters. The summed E-state index contributed by atoms with van der Waals surface area (Å²) in [4.78, 5) is 17.4. The molecular weight excluding hydrogens is 421 g/mol. The Bertz CT molecular complexity index is 1090. The molecule has 2 aromatic carbocycles. The number of rotatable bonds is 7. The second-order valence-electron chi connectivity index (χ2n) is 8.87. The summed E-state index contributed by atoms with van der Waals surface area (Å²) >= 11 is 0. The van der Waals surface area contributed by atoms with Gasteiger partial charge in [0, 0.05) is 30.8 Å². The van der Waals surface area contributed by atoms with Crippen LogP contribution in [0.4, 0.5) is 10.3 Å². The molecule has 1 aliphatic rings. The van der Waals surface area contributed by atoms with Crippen LogP contribution in [0.15, 0.2) is 53.1 Å². The number of carbonyl (C=O) groups is 1. The van der Waals surface area contributed by atoms with Crippen LogP contribution in [0.1, 0.15) is 35.3 Å². The van der Waals surface area contributed by atoms with Crippen LogP contribution in [0, 0.1) is 18.7 Å². The monoisotopic (exact) mass is 451 g/mol. The smallest absolute Gasteiger partial charge is 0.254 e. The molecular formula is C26H30FN3O3. The molecule has 6 nitrogen and oxygen atoms in total. The van der Waals surface area contributed by atoms with Crippen LogP contribution in [0.25, 0.3) is 11.3 Å². The molecule has 1 aromatic heterocycles. The van der Waals surface area contributed by atoms with Gasteiger partial charge in [0.05, 0.1) is 25.3 Å². The van der Waals surface area contributed by atoms with Crippen molar-refractivity contribution >= 4 is 11.8 Å². The van der Waals surface area contributed by atoms with E-state index in [9.17, 15) is 9.18 Å². The van der Waals surface area contributed by atoms with Gasteiger partial charge in [-0.2, -0.15) is 0 Å². The van der Waals surface area contributed by atoms with Crippen LogP contribution >= 0.6 is 0 Å². The van der Waals surface area contributed by atoms with Crippen molar-refractivity contribution in [3.63, 3.8) is 0 Å². The number of anilines is 1.